The van der Waals surface area contributed by atoms with Gasteiger partial charge >= 0.3 is 0 Å². The van der Waals surface area contributed by atoms with E-state index < -0.39 is 10.2 Å². The van der Waals surface area contributed by atoms with Gasteiger partial charge in [0, 0.05) is 25.7 Å². The number of hydrogen-bond acceptors (Lipinski definition) is 3. The zero-order valence-electron chi connectivity index (χ0n) is 11.2. The number of nitrogens with zero attached hydrogens (tertiary/aromatic N) is 1. The van der Waals surface area contributed by atoms with Crippen LogP contribution >= 0.6 is 0 Å². The number of rotatable bonds is 6. The number of nitrogens with two attached hydrogens (primary N) is 1. The van der Waals surface area contributed by atoms with E-state index >= 15 is 0 Å². The summed E-state index contributed by atoms with van der Waals surface area (Å²) in [4.78, 5) is 0. The SMILES string of the molecule is CN(Cc1ccccc1)S(=O)(=O)NCC1(N)CCC1. The van der Waals surface area contributed by atoms with Gasteiger partial charge in [-0.1, -0.05) is 30.3 Å². The van der Waals surface area contributed by atoms with E-state index in [0.29, 0.717) is 13.1 Å². The first kappa shape index (κ1) is 14.5. The molecule has 1 aliphatic carbocycles. The van der Waals surface area contributed by atoms with Crippen molar-refractivity contribution in [2.24, 2.45) is 5.73 Å². The summed E-state index contributed by atoms with van der Waals surface area (Å²) < 4.78 is 28.1. The Bertz CT molecular complexity index is 512. The normalized spacial score (nSPS) is 18.3. The predicted molar refractivity (Wildman–Crippen MR) is 75.6 cm³/mol. The van der Waals surface area contributed by atoms with Crippen LogP contribution in [0.15, 0.2) is 30.3 Å². The molecule has 0 atom stereocenters. The molecule has 3 N–H and O–H groups in total. The van der Waals surface area contributed by atoms with Gasteiger partial charge in [0.25, 0.3) is 10.2 Å². The van der Waals surface area contributed by atoms with Crippen LogP contribution < -0.4 is 10.5 Å². The Labute approximate surface area is 115 Å². The number of hydrogen-bond donors (Lipinski definition) is 2. The lowest BCUT2D eigenvalue weighted by Crippen LogP contribution is -2.56. The van der Waals surface area contributed by atoms with E-state index in [-0.39, 0.29) is 5.54 Å². The third-order valence-corrected chi connectivity index (χ3v) is 5.07. The number of benzene rings is 1. The van der Waals surface area contributed by atoms with E-state index in [9.17, 15) is 8.42 Å². The Morgan fingerprint density at radius 1 is 1.32 bits per heavy atom. The summed E-state index contributed by atoms with van der Waals surface area (Å²) in [5.41, 5.74) is 6.63. The largest absolute Gasteiger partial charge is 0.324 e. The smallest absolute Gasteiger partial charge is 0.279 e. The van der Waals surface area contributed by atoms with Gasteiger partial charge in [0.05, 0.1) is 0 Å². The molecule has 1 saturated carbocycles. The first-order valence-corrected chi connectivity index (χ1v) is 7.89. The van der Waals surface area contributed by atoms with E-state index in [1.807, 2.05) is 30.3 Å². The quantitative estimate of drug-likeness (QED) is 0.812. The summed E-state index contributed by atoms with van der Waals surface area (Å²) in [6.07, 6.45) is 2.86. The third kappa shape index (κ3) is 3.76. The number of nitrogens with one attached hydrogen (secondary N) is 1. The third-order valence-electron chi connectivity index (χ3n) is 3.61. The molecular formula is C13H21N3O2S. The zero-order valence-corrected chi connectivity index (χ0v) is 12.0. The molecule has 1 fully saturated rings. The fraction of sp³-hybridized carbons (Fsp3) is 0.538. The lowest BCUT2D eigenvalue weighted by molar-refractivity contribution is 0.249. The van der Waals surface area contributed by atoms with Crippen LogP contribution in [0.25, 0.3) is 0 Å². The summed E-state index contributed by atoms with van der Waals surface area (Å²) in [7, 11) is -1.90. The zero-order chi connectivity index (χ0) is 13.9. The van der Waals surface area contributed by atoms with Gasteiger partial charge in [-0.3, -0.25) is 0 Å². The Kier molecular flexibility index (Phi) is 4.25. The molecule has 1 aromatic rings. The molecule has 106 valence electrons. The van der Waals surface area contributed by atoms with Crippen molar-refractivity contribution in [3.8, 4) is 0 Å². The first-order chi connectivity index (χ1) is 8.91. The fourth-order valence-electron chi connectivity index (χ4n) is 2.08. The minimum absolute atomic E-state index is 0.314. The summed E-state index contributed by atoms with van der Waals surface area (Å²) in [5, 5.41) is 0. The molecule has 19 heavy (non-hydrogen) atoms. The van der Waals surface area contributed by atoms with E-state index in [1.165, 1.54) is 4.31 Å². The maximum atomic E-state index is 12.1. The van der Waals surface area contributed by atoms with Crippen molar-refractivity contribution in [3.63, 3.8) is 0 Å². The van der Waals surface area contributed by atoms with E-state index in [2.05, 4.69) is 4.72 Å². The molecule has 2 rings (SSSR count). The predicted octanol–water partition coefficient (Wildman–Crippen LogP) is 0.834. The van der Waals surface area contributed by atoms with Gasteiger partial charge in [-0.15, -0.1) is 0 Å². The maximum absolute atomic E-state index is 12.1. The summed E-state index contributed by atoms with van der Waals surface area (Å²) in [6.45, 7) is 0.669. The molecule has 5 nitrogen and oxygen atoms in total. The van der Waals surface area contributed by atoms with E-state index in [1.54, 1.807) is 7.05 Å². The van der Waals surface area contributed by atoms with Gasteiger partial charge in [0.15, 0.2) is 0 Å². The highest BCUT2D eigenvalue weighted by Gasteiger charge is 2.34. The van der Waals surface area contributed by atoms with Crippen LogP contribution in [0.2, 0.25) is 0 Å². The first-order valence-electron chi connectivity index (χ1n) is 6.45. The minimum Gasteiger partial charge on any atom is -0.324 e. The van der Waals surface area contributed by atoms with Crippen molar-refractivity contribution < 1.29 is 8.42 Å². The average Bonchev–Trinajstić information content (AvgIpc) is 2.35. The molecule has 1 aliphatic rings. The second-order valence-electron chi connectivity index (χ2n) is 5.28. The van der Waals surface area contributed by atoms with Crippen LogP contribution in [-0.4, -0.2) is 31.9 Å². The van der Waals surface area contributed by atoms with Crippen molar-refractivity contribution in [3.05, 3.63) is 35.9 Å². The summed E-state index contributed by atoms with van der Waals surface area (Å²) in [6, 6.07) is 9.51. The molecule has 0 heterocycles. The van der Waals surface area contributed by atoms with Crippen LogP contribution in [0.1, 0.15) is 24.8 Å². The van der Waals surface area contributed by atoms with Crippen LogP contribution in [-0.2, 0) is 16.8 Å². The Balaban J connectivity index is 1.91. The van der Waals surface area contributed by atoms with Crippen LogP contribution in [0.3, 0.4) is 0 Å². The van der Waals surface area contributed by atoms with Crippen molar-refractivity contribution in [2.45, 2.75) is 31.3 Å². The molecule has 0 aliphatic heterocycles. The molecule has 0 bridgehead atoms. The molecule has 0 spiro atoms. The minimum atomic E-state index is -3.46. The second-order valence-corrected chi connectivity index (χ2v) is 7.15. The van der Waals surface area contributed by atoms with Crippen LogP contribution in [0.5, 0.6) is 0 Å². The molecule has 1 aromatic carbocycles. The van der Waals surface area contributed by atoms with Crippen molar-refractivity contribution >= 4 is 10.2 Å². The van der Waals surface area contributed by atoms with Crippen molar-refractivity contribution in [1.82, 2.24) is 9.03 Å². The lowest BCUT2D eigenvalue weighted by Gasteiger charge is -2.38. The Hall–Kier alpha value is -0.950. The lowest BCUT2D eigenvalue weighted by atomic mass is 9.78. The summed E-state index contributed by atoms with van der Waals surface area (Å²) >= 11 is 0. The van der Waals surface area contributed by atoms with Gasteiger partial charge < -0.3 is 5.73 Å². The van der Waals surface area contributed by atoms with E-state index in [0.717, 1.165) is 24.8 Å². The average molecular weight is 283 g/mol. The van der Waals surface area contributed by atoms with Crippen molar-refractivity contribution in [2.75, 3.05) is 13.6 Å². The monoisotopic (exact) mass is 283 g/mol. The molecule has 0 amide bonds. The standard InChI is InChI=1S/C13H21N3O2S/c1-16(10-12-6-3-2-4-7-12)19(17,18)15-11-13(14)8-5-9-13/h2-4,6-7,15H,5,8-11,14H2,1H3. The highest BCUT2D eigenvalue weighted by Crippen LogP contribution is 2.28. The molecule has 0 radical (unpaired) electrons. The molecule has 6 heteroatoms. The van der Waals surface area contributed by atoms with Gasteiger partial charge in [-0.25, -0.2) is 4.72 Å². The Morgan fingerprint density at radius 2 is 1.95 bits per heavy atom. The van der Waals surface area contributed by atoms with Gasteiger partial charge in [0.2, 0.25) is 0 Å². The topological polar surface area (TPSA) is 75.4 Å². The van der Waals surface area contributed by atoms with Gasteiger partial charge in [-0.2, -0.15) is 12.7 Å². The molecular weight excluding hydrogens is 262 g/mol. The second kappa shape index (κ2) is 5.58. The fourth-order valence-corrected chi connectivity index (χ4v) is 3.09. The highest BCUT2D eigenvalue weighted by molar-refractivity contribution is 7.87. The van der Waals surface area contributed by atoms with Crippen molar-refractivity contribution in [1.29, 1.82) is 0 Å². The van der Waals surface area contributed by atoms with E-state index in [4.69, 9.17) is 5.73 Å². The maximum Gasteiger partial charge on any atom is 0.279 e. The Morgan fingerprint density at radius 3 is 2.47 bits per heavy atom. The van der Waals surface area contributed by atoms with Gasteiger partial charge in [0.1, 0.15) is 0 Å². The molecule has 0 saturated heterocycles. The summed E-state index contributed by atoms with van der Waals surface area (Å²) in [5.74, 6) is 0. The van der Waals surface area contributed by atoms with Gasteiger partial charge in [-0.05, 0) is 24.8 Å². The molecule has 0 aromatic heterocycles. The highest BCUT2D eigenvalue weighted by atomic mass is 32.2. The van der Waals surface area contributed by atoms with Crippen LogP contribution in [0.4, 0.5) is 0 Å². The van der Waals surface area contributed by atoms with Crippen LogP contribution in [0, 0.1) is 0 Å². The molecule has 0 unspecified atom stereocenters.